The van der Waals surface area contributed by atoms with Crippen LogP contribution in [0.15, 0.2) is 66.7 Å². The molecule has 218 valence electrons. The molecule has 1 aliphatic carbocycles. The monoisotopic (exact) mass is 568 g/mol. The van der Waals surface area contributed by atoms with Crippen LogP contribution in [0.2, 0.25) is 0 Å². The van der Waals surface area contributed by atoms with Crippen LogP contribution in [0.1, 0.15) is 63.6 Å². The second kappa shape index (κ2) is 12.6. The number of nitrogens with zero attached hydrogens (tertiary/aromatic N) is 1. The molecule has 42 heavy (non-hydrogen) atoms. The number of benzene rings is 3. The molecule has 3 aromatic carbocycles. The van der Waals surface area contributed by atoms with Crippen molar-refractivity contribution in [2.45, 2.75) is 38.1 Å². The molecule has 0 spiro atoms. The van der Waals surface area contributed by atoms with Gasteiger partial charge in [-0.15, -0.1) is 0 Å². The average Bonchev–Trinajstić information content (AvgIpc) is 3.03. The molecular formula is C33H36N4O5. The van der Waals surface area contributed by atoms with Crippen molar-refractivity contribution in [3.05, 3.63) is 89.0 Å². The van der Waals surface area contributed by atoms with Crippen LogP contribution in [0.5, 0.6) is 0 Å². The Balaban J connectivity index is 1.49. The van der Waals surface area contributed by atoms with Crippen molar-refractivity contribution in [2.75, 3.05) is 25.5 Å². The number of carbonyl (C=O) groups excluding carboxylic acids is 3. The first-order valence-electron chi connectivity index (χ1n) is 14.4. The quantitative estimate of drug-likeness (QED) is 0.336. The molecule has 1 fully saturated rings. The zero-order chi connectivity index (χ0) is 29.8. The highest BCUT2D eigenvalue weighted by Crippen LogP contribution is 2.39. The molecule has 1 atom stereocenters. The van der Waals surface area contributed by atoms with Gasteiger partial charge in [-0.2, -0.15) is 0 Å². The number of fused-ring (bicyclic) bond motifs is 1. The molecule has 1 unspecified atom stereocenters. The molecule has 1 heterocycles. The van der Waals surface area contributed by atoms with E-state index in [-0.39, 0.29) is 29.2 Å². The van der Waals surface area contributed by atoms with Crippen molar-refractivity contribution in [1.82, 2.24) is 10.2 Å². The molecule has 0 aromatic heterocycles. The summed E-state index contributed by atoms with van der Waals surface area (Å²) in [5.41, 5.74) is 10.6. The standard InChI is InChI=1S/C33H36N4O5/c1-35-30(38)22-11-9-21(10-12-22)26-3-2-4-28-27(26)17-18-37(32(40)23-7-5-20(19-34)6-8-23)29(28)31(39)36-25-15-13-24(14-16-25)33(41)42/h2-4,9-16,20,23,29H,5-8,17-19,34H2,1H3,(H,35,38)(H,36,39)(H,41,42)/t20-,23-,29?. The number of carboxylic acids is 1. The Morgan fingerprint density at radius 3 is 2.19 bits per heavy atom. The minimum absolute atomic E-state index is 0.0159. The molecule has 1 aliphatic heterocycles. The SMILES string of the molecule is CNC(=O)c1ccc(-c2cccc3c2CCN(C(=O)[C@H]2CC[C@H](CN)CC2)C3C(=O)Nc2ccc(C(=O)O)cc2)cc1. The molecule has 9 nitrogen and oxygen atoms in total. The van der Waals surface area contributed by atoms with Crippen LogP contribution in [0.3, 0.4) is 0 Å². The topological polar surface area (TPSA) is 142 Å². The van der Waals surface area contributed by atoms with Crippen LogP contribution in [0.25, 0.3) is 11.1 Å². The number of anilines is 1. The predicted octanol–water partition coefficient (Wildman–Crippen LogP) is 4.24. The third-order valence-electron chi connectivity index (χ3n) is 8.57. The highest BCUT2D eigenvalue weighted by molar-refractivity contribution is 6.00. The minimum atomic E-state index is -1.05. The first-order valence-corrected chi connectivity index (χ1v) is 14.4. The van der Waals surface area contributed by atoms with Gasteiger partial charge in [-0.1, -0.05) is 30.3 Å². The maximum absolute atomic E-state index is 14.0. The van der Waals surface area contributed by atoms with E-state index < -0.39 is 12.0 Å². The van der Waals surface area contributed by atoms with E-state index in [1.807, 2.05) is 30.3 Å². The van der Waals surface area contributed by atoms with Crippen LogP contribution in [0, 0.1) is 11.8 Å². The summed E-state index contributed by atoms with van der Waals surface area (Å²) in [4.78, 5) is 53.0. The van der Waals surface area contributed by atoms with Gasteiger partial charge in [-0.05, 0) is 103 Å². The van der Waals surface area contributed by atoms with Crippen LogP contribution in [-0.4, -0.2) is 53.8 Å². The summed E-state index contributed by atoms with van der Waals surface area (Å²) in [5, 5.41) is 14.8. The normalized spacial score (nSPS) is 19.9. The van der Waals surface area contributed by atoms with Crippen LogP contribution in [0.4, 0.5) is 5.69 Å². The van der Waals surface area contributed by atoms with Crippen molar-refractivity contribution in [3.63, 3.8) is 0 Å². The fraction of sp³-hybridized carbons (Fsp3) is 0.333. The fourth-order valence-corrected chi connectivity index (χ4v) is 6.19. The highest BCUT2D eigenvalue weighted by Gasteiger charge is 2.40. The van der Waals surface area contributed by atoms with Crippen molar-refractivity contribution in [3.8, 4) is 11.1 Å². The fourth-order valence-electron chi connectivity index (χ4n) is 6.19. The molecule has 0 radical (unpaired) electrons. The minimum Gasteiger partial charge on any atom is -0.478 e. The average molecular weight is 569 g/mol. The van der Waals surface area contributed by atoms with E-state index >= 15 is 0 Å². The smallest absolute Gasteiger partial charge is 0.335 e. The number of rotatable bonds is 7. The summed E-state index contributed by atoms with van der Waals surface area (Å²) in [5.74, 6) is -1.31. The van der Waals surface area contributed by atoms with Gasteiger partial charge < -0.3 is 26.4 Å². The van der Waals surface area contributed by atoms with E-state index in [1.165, 1.54) is 12.1 Å². The second-order valence-corrected chi connectivity index (χ2v) is 11.0. The Hall–Kier alpha value is -4.50. The lowest BCUT2D eigenvalue weighted by Crippen LogP contribution is -2.48. The molecule has 0 bridgehead atoms. The lowest BCUT2D eigenvalue weighted by atomic mass is 9.80. The Bertz CT molecular complexity index is 1480. The Kier molecular flexibility index (Phi) is 8.68. The number of carbonyl (C=O) groups is 4. The number of amides is 3. The number of hydrogen-bond donors (Lipinski definition) is 4. The van der Waals surface area contributed by atoms with E-state index in [1.54, 1.807) is 36.2 Å². The molecule has 5 rings (SSSR count). The second-order valence-electron chi connectivity index (χ2n) is 11.0. The zero-order valence-corrected chi connectivity index (χ0v) is 23.6. The Morgan fingerprint density at radius 1 is 0.905 bits per heavy atom. The summed E-state index contributed by atoms with van der Waals surface area (Å²) in [6, 6.07) is 18.3. The molecule has 0 saturated heterocycles. The zero-order valence-electron chi connectivity index (χ0n) is 23.6. The van der Waals surface area contributed by atoms with Gasteiger partial charge in [0.15, 0.2) is 0 Å². The van der Waals surface area contributed by atoms with Gasteiger partial charge in [0.25, 0.3) is 11.8 Å². The third-order valence-corrected chi connectivity index (χ3v) is 8.57. The molecular weight excluding hydrogens is 532 g/mol. The van der Waals surface area contributed by atoms with Crippen LogP contribution < -0.4 is 16.4 Å². The molecule has 3 aromatic rings. The maximum atomic E-state index is 14.0. The van der Waals surface area contributed by atoms with Crippen molar-refractivity contribution >= 4 is 29.4 Å². The first kappa shape index (κ1) is 29.0. The van der Waals surface area contributed by atoms with Crippen LogP contribution >= 0.6 is 0 Å². The summed E-state index contributed by atoms with van der Waals surface area (Å²) < 4.78 is 0. The maximum Gasteiger partial charge on any atom is 0.335 e. The van der Waals surface area contributed by atoms with Crippen molar-refractivity contribution < 1.29 is 24.3 Å². The van der Waals surface area contributed by atoms with Gasteiger partial charge in [-0.25, -0.2) is 4.79 Å². The van der Waals surface area contributed by atoms with Gasteiger partial charge in [0.2, 0.25) is 5.91 Å². The number of nitrogens with one attached hydrogen (secondary N) is 2. The van der Waals surface area contributed by atoms with Gasteiger partial charge in [0.05, 0.1) is 5.56 Å². The van der Waals surface area contributed by atoms with Crippen molar-refractivity contribution in [2.24, 2.45) is 17.6 Å². The van der Waals surface area contributed by atoms with E-state index in [2.05, 4.69) is 10.6 Å². The first-order chi connectivity index (χ1) is 20.3. The van der Waals surface area contributed by atoms with Crippen molar-refractivity contribution in [1.29, 1.82) is 0 Å². The largest absolute Gasteiger partial charge is 0.478 e. The molecule has 3 amide bonds. The van der Waals surface area contributed by atoms with Gasteiger partial charge in [0, 0.05) is 30.8 Å². The van der Waals surface area contributed by atoms with E-state index in [0.29, 0.717) is 36.7 Å². The number of hydrogen-bond acceptors (Lipinski definition) is 5. The molecule has 1 saturated carbocycles. The van der Waals surface area contributed by atoms with E-state index in [0.717, 1.165) is 47.9 Å². The third kappa shape index (κ3) is 5.92. The molecule has 2 aliphatic rings. The number of aromatic carboxylic acids is 1. The number of nitrogens with two attached hydrogens (primary N) is 1. The lowest BCUT2D eigenvalue weighted by molar-refractivity contribution is -0.144. The van der Waals surface area contributed by atoms with Gasteiger partial charge >= 0.3 is 5.97 Å². The molecule has 5 N–H and O–H groups in total. The van der Waals surface area contributed by atoms with Crippen LogP contribution in [-0.2, 0) is 16.0 Å². The molecule has 9 heteroatoms. The summed E-state index contributed by atoms with van der Waals surface area (Å²) in [7, 11) is 1.59. The summed E-state index contributed by atoms with van der Waals surface area (Å²) in [6.45, 7) is 1.02. The van der Waals surface area contributed by atoms with E-state index in [9.17, 15) is 24.3 Å². The van der Waals surface area contributed by atoms with E-state index in [4.69, 9.17) is 5.73 Å². The Labute approximate surface area is 245 Å². The van der Waals surface area contributed by atoms with Gasteiger partial charge in [-0.3, -0.25) is 14.4 Å². The number of carboxylic acid groups (broad SMARTS) is 1. The lowest BCUT2D eigenvalue weighted by Gasteiger charge is -2.40. The summed E-state index contributed by atoms with van der Waals surface area (Å²) in [6.07, 6.45) is 3.91. The van der Waals surface area contributed by atoms with Gasteiger partial charge in [0.1, 0.15) is 6.04 Å². The highest BCUT2D eigenvalue weighted by atomic mass is 16.4. The predicted molar refractivity (Wildman–Crippen MR) is 160 cm³/mol. The summed E-state index contributed by atoms with van der Waals surface area (Å²) >= 11 is 0. The Morgan fingerprint density at radius 2 is 1.57 bits per heavy atom.